The number of rotatable bonds is 4. The summed E-state index contributed by atoms with van der Waals surface area (Å²) in [5, 5.41) is 0. The molecular weight excluding hydrogens is 210 g/mol. The highest BCUT2D eigenvalue weighted by atomic mass is 16.5. The number of hydrogen-bond donors (Lipinski definition) is 0. The van der Waals surface area contributed by atoms with Crippen molar-refractivity contribution in [1.29, 1.82) is 0 Å². The standard InChI is InChI=1S/C15H23NO/c1-16-10-8-15(9-11-16,13-17-2)12-14-6-4-3-5-7-14/h3-7H,8-13H2,1-2H3. The first-order valence-electron chi connectivity index (χ1n) is 6.46. The fourth-order valence-electron chi connectivity index (χ4n) is 2.80. The van der Waals surface area contributed by atoms with Gasteiger partial charge in [-0.05, 0) is 45.0 Å². The van der Waals surface area contributed by atoms with E-state index in [2.05, 4.69) is 42.3 Å². The molecule has 0 atom stereocenters. The molecule has 0 saturated carbocycles. The largest absolute Gasteiger partial charge is 0.384 e. The molecule has 0 N–H and O–H groups in total. The number of nitrogens with zero attached hydrogens (tertiary/aromatic N) is 1. The summed E-state index contributed by atoms with van der Waals surface area (Å²) >= 11 is 0. The van der Waals surface area contributed by atoms with Gasteiger partial charge in [0.1, 0.15) is 0 Å². The van der Waals surface area contributed by atoms with Gasteiger partial charge in [-0.2, -0.15) is 0 Å². The average Bonchev–Trinajstić information content (AvgIpc) is 2.35. The third kappa shape index (κ3) is 3.30. The Hall–Kier alpha value is -0.860. The molecule has 1 fully saturated rings. The molecule has 1 aromatic rings. The molecule has 0 spiro atoms. The van der Waals surface area contributed by atoms with Gasteiger partial charge in [0.05, 0.1) is 6.61 Å². The Morgan fingerprint density at radius 3 is 2.41 bits per heavy atom. The minimum atomic E-state index is 0.350. The topological polar surface area (TPSA) is 12.5 Å². The van der Waals surface area contributed by atoms with Gasteiger partial charge in [-0.1, -0.05) is 30.3 Å². The molecule has 0 bridgehead atoms. The zero-order chi connectivity index (χ0) is 12.1. The molecule has 1 aliphatic heterocycles. The van der Waals surface area contributed by atoms with Crippen LogP contribution in [0.1, 0.15) is 18.4 Å². The Bertz CT molecular complexity index is 328. The summed E-state index contributed by atoms with van der Waals surface area (Å²) in [4.78, 5) is 2.42. The first-order chi connectivity index (χ1) is 8.24. The maximum Gasteiger partial charge on any atom is 0.0522 e. The molecule has 1 heterocycles. The summed E-state index contributed by atoms with van der Waals surface area (Å²) in [5.74, 6) is 0. The van der Waals surface area contributed by atoms with Gasteiger partial charge in [0.15, 0.2) is 0 Å². The Labute approximate surface area is 105 Å². The fraction of sp³-hybridized carbons (Fsp3) is 0.600. The van der Waals surface area contributed by atoms with Crippen LogP contribution >= 0.6 is 0 Å². The van der Waals surface area contributed by atoms with Crippen molar-refractivity contribution < 1.29 is 4.74 Å². The molecule has 2 heteroatoms. The summed E-state index contributed by atoms with van der Waals surface area (Å²) < 4.78 is 5.47. The van der Waals surface area contributed by atoms with Gasteiger partial charge in [0, 0.05) is 12.5 Å². The zero-order valence-corrected chi connectivity index (χ0v) is 11.0. The van der Waals surface area contributed by atoms with Gasteiger partial charge in [-0.15, -0.1) is 0 Å². The number of ether oxygens (including phenoxy) is 1. The van der Waals surface area contributed by atoms with Crippen LogP contribution in [0.15, 0.2) is 30.3 Å². The third-order valence-electron chi connectivity index (χ3n) is 3.92. The van der Waals surface area contributed by atoms with Crippen molar-refractivity contribution in [2.45, 2.75) is 19.3 Å². The zero-order valence-electron chi connectivity index (χ0n) is 11.0. The molecular formula is C15H23NO. The van der Waals surface area contributed by atoms with E-state index in [1.54, 1.807) is 0 Å². The lowest BCUT2D eigenvalue weighted by Crippen LogP contribution is -2.41. The molecule has 0 unspecified atom stereocenters. The van der Waals surface area contributed by atoms with Crippen LogP contribution in [0.3, 0.4) is 0 Å². The Morgan fingerprint density at radius 1 is 1.18 bits per heavy atom. The number of piperidine rings is 1. The van der Waals surface area contributed by atoms with E-state index >= 15 is 0 Å². The van der Waals surface area contributed by atoms with Crippen LogP contribution in [-0.2, 0) is 11.2 Å². The molecule has 0 aromatic heterocycles. The van der Waals surface area contributed by atoms with Gasteiger partial charge >= 0.3 is 0 Å². The molecule has 1 aliphatic rings. The molecule has 1 aromatic carbocycles. The summed E-state index contributed by atoms with van der Waals surface area (Å²) in [6.45, 7) is 3.27. The predicted molar refractivity (Wildman–Crippen MR) is 71.2 cm³/mol. The van der Waals surface area contributed by atoms with Crippen LogP contribution in [0, 0.1) is 5.41 Å². The average molecular weight is 233 g/mol. The van der Waals surface area contributed by atoms with E-state index in [4.69, 9.17) is 4.74 Å². The number of methoxy groups -OCH3 is 1. The van der Waals surface area contributed by atoms with Crippen molar-refractivity contribution in [1.82, 2.24) is 4.90 Å². The van der Waals surface area contributed by atoms with Gasteiger partial charge in [0.25, 0.3) is 0 Å². The highest BCUT2D eigenvalue weighted by Crippen LogP contribution is 2.35. The second-order valence-corrected chi connectivity index (χ2v) is 5.40. The molecule has 94 valence electrons. The number of likely N-dealkylation sites (tertiary alicyclic amines) is 1. The van der Waals surface area contributed by atoms with Crippen LogP contribution in [0.4, 0.5) is 0 Å². The first kappa shape index (κ1) is 12.6. The maximum absolute atomic E-state index is 5.47. The summed E-state index contributed by atoms with van der Waals surface area (Å²) in [6, 6.07) is 10.8. The highest BCUT2D eigenvalue weighted by molar-refractivity contribution is 5.17. The van der Waals surface area contributed by atoms with E-state index in [0.717, 1.165) is 13.0 Å². The van der Waals surface area contributed by atoms with E-state index < -0.39 is 0 Å². The lowest BCUT2D eigenvalue weighted by molar-refractivity contribution is 0.0281. The minimum absolute atomic E-state index is 0.350. The highest BCUT2D eigenvalue weighted by Gasteiger charge is 2.33. The second-order valence-electron chi connectivity index (χ2n) is 5.40. The van der Waals surface area contributed by atoms with E-state index in [1.165, 1.54) is 31.5 Å². The van der Waals surface area contributed by atoms with Crippen LogP contribution in [0.2, 0.25) is 0 Å². The van der Waals surface area contributed by atoms with E-state index in [0.29, 0.717) is 5.41 Å². The molecule has 1 saturated heterocycles. The summed E-state index contributed by atoms with van der Waals surface area (Å²) in [5.41, 5.74) is 1.79. The molecule has 0 aliphatic carbocycles. The van der Waals surface area contributed by atoms with Crippen molar-refractivity contribution in [3.63, 3.8) is 0 Å². The smallest absolute Gasteiger partial charge is 0.0522 e. The first-order valence-corrected chi connectivity index (χ1v) is 6.46. The Morgan fingerprint density at radius 2 is 1.82 bits per heavy atom. The number of benzene rings is 1. The van der Waals surface area contributed by atoms with Gasteiger partial charge in [0.2, 0.25) is 0 Å². The second kappa shape index (κ2) is 5.65. The Kier molecular flexibility index (Phi) is 4.19. The SMILES string of the molecule is COCC1(Cc2ccccc2)CCN(C)CC1. The van der Waals surface area contributed by atoms with Crippen LogP contribution in [0.25, 0.3) is 0 Å². The molecule has 2 rings (SSSR count). The lowest BCUT2D eigenvalue weighted by atomic mass is 9.74. The number of hydrogen-bond acceptors (Lipinski definition) is 2. The minimum Gasteiger partial charge on any atom is -0.384 e. The lowest BCUT2D eigenvalue weighted by Gasteiger charge is -2.40. The fourth-order valence-corrected chi connectivity index (χ4v) is 2.80. The van der Waals surface area contributed by atoms with Crippen molar-refractivity contribution in [2.75, 3.05) is 33.9 Å². The van der Waals surface area contributed by atoms with Crippen molar-refractivity contribution >= 4 is 0 Å². The van der Waals surface area contributed by atoms with Crippen molar-refractivity contribution in [3.05, 3.63) is 35.9 Å². The van der Waals surface area contributed by atoms with E-state index in [-0.39, 0.29) is 0 Å². The van der Waals surface area contributed by atoms with Gasteiger partial charge in [-0.25, -0.2) is 0 Å². The van der Waals surface area contributed by atoms with Crippen LogP contribution in [-0.4, -0.2) is 38.8 Å². The summed E-state index contributed by atoms with van der Waals surface area (Å²) in [6.07, 6.45) is 3.63. The Balaban J connectivity index is 2.06. The summed E-state index contributed by atoms with van der Waals surface area (Å²) in [7, 11) is 4.03. The van der Waals surface area contributed by atoms with E-state index in [9.17, 15) is 0 Å². The predicted octanol–water partition coefficient (Wildman–Crippen LogP) is 2.59. The monoisotopic (exact) mass is 233 g/mol. The quantitative estimate of drug-likeness (QED) is 0.792. The van der Waals surface area contributed by atoms with Gasteiger partial charge < -0.3 is 9.64 Å². The molecule has 2 nitrogen and oxygen atoms in total. The molecule has 0 radical (unpaired) electrons. The normalized spacial score (nSPS) is 20.4. The van der Waals surface area contributed by atoms with Crippen molar-refractivity contribution in [3.8, 4) is 0 Å². The molecule has 17 heavy (non-hydrogen) atoms. The van der Waals surface area contributed by atoms with Crippen LogP contribution in [0.5, 0.6) is 0 Å². The maximum atomic E-state index is 5.47. The van der Waals surface area contributed by atoms with Crippen molar-refractivity contribution in [2.24, 2.45) is 5.41 Å². The van der Waals surface area contributed by atoms with E-state index in [1.807, 2.05) is 7.11 Å². The molecule has 0 amide bonds. The third-order valence-corrected chi connectivity index (χ3v) is 3.92. The van der Waals surface area contributed by atoms with Gasteiger partial charge in [-0.3, -0.25) is 0 Å². The van der Waals surface area contributed by atoms with Crippen LogP contribution < -0.4 is 0 Å².